The zero-order chi connectivity index (χ0) is 13.8. The van der Waals surface area contributed by atoms with Crippen molar-refractivity contribution in [3.8, 4) is 0 Å². The van der Waals surface area contributed by atoms with E-state index in [0.29, 0.717) is 23.1 Å². The maximum atomic E-state index is 11.9. The highest BCUT2D eigenvalue weighted by atomic mass is 35.5. The minimum Gasteiger partial charge on any atom is -0.461 e. The van der Waals surface area contributed by atoms with E-state index in [1.807, 2.05) is 24.3 Å². The summed E-state index contributed by atoms with van der Waals surface area (Å²) < 4.78 is 5.18. The van der Waals surface area contributed by atoms with Crippen molar-refractivity contribution in [1.29, 1.82) is 0 Å². The second-order valence-corrected chi connectivity index (χ2v) is 5.23. The molecule has 0 fully saturated rings. The number of halogens is 1. The van der Waals surface area contributed by atoms with E-state index < -0.39 is 5.97 Å². The van der Waals surface area contributed by atoms with Crippen molar-refractivity contribution in [3.05, 3.63) is 41.0 Å². The largest absolute Gasteiger partial charge is 0.461 e. The van der Waals surface area contributed by atoms with Crippen LogP contribution in [0.3, 0.4) is 0 Å². The number of para-hydroxylation sites is 1. The van der Waals surface area contributed by atoms with Gasteiger partial charge in [0, 0.05) is 5.39 Å². The third-order valence-corrected chi connectivity index (χ3v) is 3.12. The molecule has 0 aliphatic carbocycles. The zero-order valence-corrected chi connectivity index (χ0v) is 11.8. The van der Waals surface area contributed by atoms with Gasteiger partial charge in [0.25, 0.3) is 0 Å². The number of hydrogen-bond acceptors (Lipinski definition) is 3. The van der Waals surface area contributed by atoms with Crippen molar-refractivity contribution in [2.45, 2.75) is 20.3 Å². The topological polar surface area (TPSA) is 39.2 Å². The van der Waals surface area contributed by atoms with Gasteiger partial charge in [-0.3, -0.25) is 0 Å². The Kier molecular flexibility index (Phi) is 4.38. The van der Waals surface area contributed by atoms with Gasteiger partial charge in [-0.25, -0.2) is 9.78 Å². The normalized spacial score (nSPS) is 10.9. The first-order valence-corrected chi connectivity index (χ1v) is 6.68. The monoisotopic (exact) mass is 277 g/mol. The number of esters is 1. The van der Waals surface area contributed by atoms with Crippen molar-refractivity contribution in [2.75, 3.05) is 6.61 Å². The summed E-state index contributed by atoms with van der Waals surface area (Å²) in [4.78, 5) is 16.2. The van der Waals surface area contributed by atoms with Gasteiger partial charge in [-0.1, -0.05) is 43.6 Å². The molecule has 0 saturated carbocycles. The quantitative estimate of drug-likeness (QED) is 0.790. The van der Waals surface area contributed by atoms with Crippen molar-refractivity contribution >= 4 is 28.5 Å². The Morgan fingerprint density at radius 1 is 1.37 bits per heavy atom. The lowest BCUT2D eigenvalue weighted by Gasteiger charge is -2.07. The Morgan fingerprint density at radius 2 is 2.11 bits per heavy atom. The first-order valence-electron chi connectivity index (χ1n) is 6.30. The molecule has 3 nitrogen and oxygen atoms in total. The molecule has 1 aromatic carbocycles. The lowest BCUT2D eigenvalue weighted by Crippen LogP contribution is -2.10. The molecule has 0 unspecified atom stereocenters. The standard InChI is InChI=1S/C15H16ClNO2/c1-10(2)7-8-19-15(18)14-9-12(16)11-5-3-4-6-13(11)17-14/h3-6,9-10H,7-8H2,1-2H3. The van der Waals surface area contributed by atoms with E-state index >= 15 is 0 Å². The fourth-order valence-electron chi connectivity index (χ4n) is 1.70. The molecule has 0 radical (unpaired) electrons. The number of nitrogens with zero attached hydrogens (tertiary/aromatic N) is 1. The van der Waals surface area contributed by atoms with Gasteiger partial charge < -0.3 is 4.74 Å². The van der Waals surface area contributed by atoms with Crippen LogP contribution in [0.25, 0.3) is 10.9 Å². The van der Waals surface area contributed by atoms with Gasteiger partial charge in [0.05, 0.1) is 17.1 Å². The third-order valence-electron chi connectivity index (χ3n) is 2.80. The molecule has 0 N–H and O–H groups in total. The minimum atomic E-state index is -0.423. The molecule has 19 heavy (non-hydrogen) atoms. The van der Waals surface area contributed by atoms with Crippen LogP contribution in [0.2, 0.25) is 5.02 Å². The Morgan fingerprint density at radius 3 is 2.84 bits per heavy atom. The molecule has 1 aromatic heterocycles. The highest BCUT2D eigenvalue weighted by Gasteiger charge is 2.12. The van der Waals surface area contributed by atoms with E-state index in [-0.39, 0.29) is 5.69 Å². The summed E-state index contributed by atoms with van der Waals surface area (Å²) in [5.41, 5.74) is 0.957. The van der Waals surface area contributed by atoms with Crippen LogP contribution in [0.4, 0.5) is 0 Å². The van der Waals surface area contributed by atoms with Crippen LogP contribution in [0, 0.1) is 5.92 Å². The molecule has 0 aliphatic rings. The summed E-state index contributed by atoms with van der Waals surface area (Å²) in [6, 6.07) is 9.00. The zero-order valence-electron chi connectivity index (χ0n) is 11.0. The van der Waals surface area contributed by atoms with E-state index in [4.69, 9.17) is 16.3 Å². The fraction of sp³-hybridized carbons (Fsp3) is 0.333. The average molecular weight is 278 g/mol. The molecule has 0 bridgehead atoms. The highest BCUT2D eigenvalue weighted by Crippen LogP contribution is 2.23. The summed E-state index contributed by atoms with van der Waals surface area (Å²) in [6.07, 6.45) is 0.840. The van der Waals surface area contributed by atoms with Crippen LogP contribution in [-0.2, 0) is 4.74 Å². The van der Waals surface area contributed by atoms with E-state index in [2.05, 4.69) is 18.8 Å². The van der Waals surface area contributed by atoms with Crippen LogP contribution >= 0.6 is 11.6 Å². The number of fused-ring (bicyclic) bond motifs is 1. The van der Waals surface area contributed by atoms with Crippen LogP contribution < -0.4 is 0 Å². The molecule has 0 saturated heterocycles. The molecule has 0 amide bonds. The Bertz CT molecular complexity index is 596. The molecule has 0 spiro atoms. The smallest absolute Gasteiger partial charge is 0.356 e. The predicted molar refractivity (Wildman–Crippen MR) is 76.5 cm³/mol. The summed E-state index contributed by atoms with van der Waals surface area (Å²) >= 11 is 6.14. The van der Waals surface area contributed by atoms with Gasteiger partial charge >= 0.3 is 5.97 Å². The van der Waals surface area contributed by atoms with E-state index in [1.54, 1.807) is 6.07 Å². The van der Waals surface area contributed by atoms with Crippen LogP contribution in [0.5, 0.6) is 0 Å². The average Bonchev–Trinajstić information content (AvgIpc) is 2.38. The van der Waals surface area contributed by atoms with Gasteiger partial charge in [0.2, 0.25) is 0 Å². The van der Waals surface area contributed by atoms with Gasteiger partial charge in [-0.2, -0.15) is 0 Å². The number of benzene rings is 1. The van der Waals surface area contributed by atoms with Crippen molar-refractivity contribution in [2.24, 2.45) is 5.92 Å². The minimum absolute atomic E-state index is 0.257. The molecule has 0 aliphatic heterocycles. The van der Waals surface area contributed by atoms with Crippen LogP contribution in [0.1, 0.15) is 30.8 Å². The Balaban J connectivity index is 2.18. The summed E-state index contributed by atoms with van der Waals surface area (Å²) in [5.74, 6) is 0.0780. The van der Waals surface area contributed by atoms with Crippen molar-refractivity contribution in [3.63, 3.8) is 0 Å². The summed E-state index contributed by atoms with van der Waals surface area (Å²) in [7, 11) is 0. The summed E-state index contributed by atoms with van der Waals surface area (Å²) in [5, 5.41) is 1.35. The second kappa shape index (κ2) is 6.02. The van der Waals surface area contributed by atoms with E-state index in [9.17, 15) is 4.79 Å². The van der Waals surface area contributed by atoms with Gasteiger partial charge in [-0.15, -0.1) is 0 Å². The second-order valence-electron chi connectivity index (χ2n) is 4.82. The molecular weight excluding hydrogens is 262 g/mol. The number of ether oxygens (including phenoxy) is 1. The third kappa shape index (κ3) is 3.44. The Hall–Kier alpha value is -1.61. The lowest BCUT2D eigenvalue weighted by molar-refractivity contribution is 0.0481. The van der Waals surface area contributed by atoms with Crippen LogP contribution in [0.15, 0.2) is 30.3 Å². The number of carbonyl (C=O) groups excluding carboxylic acids is 1. The first kappa shape index (κ1) is 13.8. The molecule has 1 heterocycles. The molecule has 2 rings (SSSR count). The van der Waals surface area contributed by atoms with E-state index in [0.717, 1.165) is 11.8 Å². The number of rotatable bonds is 4. The number of aromatic nitrogens is 1. The summed E-state index contributed by atoms with van der Waals surface area (Å²) in [6.45, 7) is 4.57. The Labute approximate surface area is 117 Å². The van der Waals surface area contributed by atoms with Gasteiger partial charge in [0.1, 0.15) is 0 Å². The molecule has 100 valence electrons. The number of pyridine rings is 1. The molecule has 0 atom stereocenters. The maximum Gasteiger partial charge on any atom is 0.356 e. The maximum absolute atomic E-state index is 11.9. The van der Waals surface area contributed by atoms with Gasteiger partial charge in [-0.05, 0) is 24.5 Å². The van der Waals surface area contributed by atoms with Crippen molar-refractivity contribution < 1.29 is 9.53 Å². The SMILES string of the molecule is CC(C)CCOC(=O)c1cc(Cl)c2ccccc2n1. The molecular formula is C15H16ClNO2. The molecule has 2 aromatic rings. The lowest BCUT2D eigenvalue weighted by atomic mass is 10.1. The van der Waals surface area contributed by atoms with Crippen molar-refractivity contribution in [1.82, 2.24) is 4.98 Å². The predicted octanol–water partition coefficient (Wildman–Crippen LogP) is 4.09. The molecule has 4 heteroatoms. The highest BCUT2D eigenvalue weighted by molar-refractivity contribution is 6.35. The van der Waals surface area contributed by atoms with E-state index in [1.165, 1.54) is 0 Å². The first-order chi connectivity index (χ1) is 9.08. The van der Waals surface area contributed by atoms with Crippen LogP contribution in [-0.4, -0.2) is 17.6 Å². The number of hydrogen-bond donors (Lipinski definition) is 0. The fourth-order valence-corrected chi connectivity index (χ4v) is 1.96. The number of carbonyl (C=O) groups is 1. The van der Waals surface area contributed by atoms with Gasteiger partial charge in [0.15, 0.2) is 5.69 Å².